The third-order valence-corrected chi connectivity index (χ3v) is 4.87. The largest absolute Gasteiger partial charge is 0.354 e. The molecule has 0 unspecified atom stereocenters. The van der Waals surface area contributed by atoms with Gasteiger partial charge in [-0.05, 0) is 45.6 Å². The lowest BCUT2D eigenvalue weighted by Gasteiger charge is -2.14. The van der Waals surface area contributed by atoms with Gasteiger partial charge in [0.1, 0.15) is 0 Å². The van der Waals surface area contributed by atoms with Crippen LogP contribution in [0.25, 0.3) is 0 Å². The first-order chi connectivity index (χ1) is 9.59. The van der Waals surface area contributed by atoms with Crippen LogP contribution in [0.1, 0.15) is 39.2 Å². The summed E-state index contributed by atoms with van der Waals surface area (Å²) in [6.45, 7) is 6.42. The summed E-state index contributed by atoms with van der Waals surface area (Å²) in [5, 5.41) is 0. The van der Waals surface area contributed by atoms with Crippen molar-refractivity contribution >= 4 is 7.60 Å². The molecule has 0 aromatic heterocycles. The fourth-order valence-electron chi connectivity index (χ4n) is 2.02. The summed E-state index contributed by atoms with van der Waals surface area (Å²) >= 11 is 0. The van der Waals surface area contributed by atoms with Gasteiger partial charge in [-0.25, -0.2) is 0 Å². The summed E-state index contributed by atoms with van der Waals surface area (Å²) in [7, 11) is -3.05. The molecule has 0 N–H and O–H groups in total. The van der Waals surface area contributed by atoms with Gasteiger partial charge in [-0.15, -0.1) is 0 Å². The molecule has 1 aromatic carbocycles. The molecule has 1 aromatic rings. The molecule has 0 fully saturated rings. The Balaban J connectivity index is 2.49. The van der Waals surface area contributed by atoms with Crippen LogP contribution in [0.5, 0.6) is 0 Å². The van der Waals surface area contributed by atoms with Crippen LogP contribution in [0.4, 0.5) is 0 Å². The van der Waals surface area contributed by atoms with Crippen LogP contribution >= 0.6 is 7.60 Å². The molecule has 112 valence electrons. The molecule has 0 spiro atoms. The van der Waals surface area contributed by atoms with Crippen molar-refractivity contribution in [2.24, 2.45) is 0 Å². The van der Waals surface area contributed by atoms with Gasteiger partial charge in [0.15, 0.2) is 0 Å². The third-order valence-electron chi connectivity index (χ3n) is 2.88. The van der Waals surface area contributed by atoms with Crippen molar-refractivity contribution < 1.29 is 13.6 Å². The van der Waals surface area contributed by atoms with Crippen molar-refractivity contribution in [3.8, 4) is 0 Å². The highest BCUT2D eigenvalue weighted by Gasteiger charge is 2.19. The van der Waals surface area contributed by atoms with Gasteiger partial charge in [0.25, 0.3) is 0 Å². The Labute approximate surface area is 122 Å². The first-order valence-corrected chi connectivity index (χ1v) is 8.82. The molecule has 0 aliphatic rings. The van der Waals surface area contributed by atoms with Gasteiger partial charge < -0.3 is 9.05 Å². The van der Waals surface area contributed by atoms with E-state index in [2.05, 4.69) is 24.3 Å². The van der Waals surface area contributed by atoms with E-state index in [0.29, 0.717) is 13.2 Å². The van der Waals surface area contributed by atoms with Crippen molar-refractivity contribution in [1.29, 1.82) is 0 Å². The maximum absolute atomic E-state index is 12.3. The Kier molecular flexibility index (Phi) is 7.83. The first kappa shape index (κ1) is 17.2. The van der Waals surface area contributed by atoms with Gasteiger partial charge in [0.2, 0.25) is 0 Å². The van der Waals surface area contributed by atoms with Crippen LogP contribution in [0.2, 0.25) is 0 Å². The molecule has 0 heterocycles. The lowest BCUT2D eigenvalue weighted by Crippen LogP contribution is -1.94. The van der Waals surface area contributed by atoms with E-state index in [1.54, 1.807) is 5.82 Å². The molecule has 3 nitrogen and oxygen atoms in total. The van der Waals surface area contributed by atoms with E-state index >= 15 is 0 Å². The Morgan fingerprint density at radius 2 is 1.75 bits per heavy atom. The summed E-state index contributed by atoms with van der Waals surface area (Å²) in [4.78, 5) is 0. The molecule has 0 saturated heterocycles. The molecule has 0 aliphatic heterocycles. The lowest BCUT2D eigenvalue weighted by atomic mass is 10.1. The number of hydrogen-bond donors (Lipinski definition) is 0. The maximum Gasteiger partial charge on any atom is 0.354 e. The number of rotatable bonds is 9. The van der Waals surface area contributed by atoms with Gasteiger partial charge in [-0.2, -0.15) is 0 Å². The van der Waals surface area contributed by atoms with Crippen molar-refractivity contribution in [3.63, 3.8) is 0 Å². The zero-order valence-corrected chi connectivity index (χ0v) is 13.6. The van der Waals surface area contributed by atoms with Gasteiger partial charge in [0, 0.05) is 5.82 Å². The standard InChI is InChI=1S/C16H25O3P/c1-4-18-20(17,19-5-2)14-15(3)10-9-13-16-11-7-6-8-12-16/h6-8,11-12,14H,4-5,9-10,13H2,1-3H3/b15-14-. The van der Waals surface area contributed by atoms with E-state index in [9.17, 15) is 4.57 Å². The van der Waals surface area contributed by atoms with Crippen LogP contribution < -0.4 is 0 Å². The summed E-state index contributed by atoms with van der Waals surface area (Å²) < 4.78 is 22.9. The Bertz CT molecular complexity index is 444. The maximum atomic E-state index is 12.3. The highest BCUT2D eigenvalue weighted by molar-refractivity contribution is 7.57. The summed E-state index contributed by atoms with van der Waals surface area (Å²) in [5.41, 5.74) is 2.39. The summed E-state index contributed by atoms with van der Waals surface area (Å²) in [6, 6.07) is 10.4. The number of aryl methyl sites for hydroxylation is 1. The second-order valence-corrected chi connectivity index (χ2v) is 6.54. The second-order valence-electron chi connectivity index (χ2n) is 4.69. The molecule has 0 bridgehead atoms. The minimum absolute atomic E-state index is 0.394. The summed E-state index contributed by atoms with van der Waals surface area (Å²) in [6.07, 6.45) is 2.96. The van der Waals surface area contributed by atoms with Gasteiger partial charge in [0.05, 0.1) is 13.2 Å². The average molecular weight is 296 g/mol. The normalized spacial score (nSPS) is 12.7. The van der Waals surface area contributed by atoms with E-state index in [-0.39, 0.29) is 0 Å². The van der Waals surface area contributed by atoms with Crippen LogP contribution in [-0.4, -0.2) is 13.2 Å². The van der Waals surface area contributed by atoms with Crippen LogP contribution in [-0.2, 0) is 20.0 Å². The minimum atomic E-state index is -3.05. The van der Waals surface area contributed by atoms with E-state index in [1.165, 1.54) is 5.56 Å². The second kappa shape index (κ2) is 9.12. The molecular formula is C16H25O3P. The van der Waals surface area contributed by atoms with Gasteiger partial charge >= 0.3 is 7.60 Å². The lowest BCUT2D eigenvalue weighted by molar-refractivity contribution is 0.228. The highest BCUT2D eigenvalue weighted by Crippen LogP contribution is 2.50. The molecule has 0 saturated carbocycles. The van der Waals surface area contributed by atoms with E-state index in [0.717, 1.165) is 24.8 Å². The van der Waals surface area contributed by atoms with E-state index in [4.69, 9.17) is 9.05 Å². The predicted octanol–water partition coefficient (Wildman–Crippen LogP) is 5.18. The molecule has 1 rings (SSSR count). The SMILES string of the molecule is CCOP(=O)(/C=C(/C)CCCc1ccccc1)OCC. The number of benzene rings is 1. The molecule has 0 radical (unpaired) electrons. The third kappa shape index (κ3) is 6.51. The zero-order chi connectivity index (χ0) is 14.8. The van der Waals surface area contributed by atoms with Crippen LogP contribution in [0.3, 0.4) is 0 Å². The van der Waals surface area contributed by atoms with Gasteiger partial charge in [-0.3, -0.25) is 4.57 Å². The quantitative estimate of drug-likeness (QED) is 0.589. The minimum Gasteiger partial charge on any atom is -0.306 e. The highest BCUT2D eigenvalue weighted by atomic mass is 31.2. The van der Waals surface area contributed by atoms with Crippen molar-refractivity contribution in [1.82, 2.24) is 0 Å². The number of allylic oxidation sites excluding steroid dienone is 1. The molecule has 0 atom stereocenters. The van der Waals surface area contributed by atoms with Gasteiger partial charge in [-0.1, -0.05) is 35.9 Å². The fourth-order valence-corrected chi connectivity index (χ4v) is 3.63. The van der Waals surface area contributed by atoms with E-state index < -0.39 is 7.60 Å². The Morgan fingerprint density at radius 3 is 2.30 bits per heavy atom. The Morgan fingerprint density at radius 1 is 1.15 bits per heavy atom. The number of hydrogen-bond acceptors (Lipinski definition) is 3. The van der Waals surface area contributed by atoms with Crippen molar-refractivity contribution in [2.45, 2.75) is 40.0 Å². The monoisotopic (exact) mass is 296 g/mol. The molecule has 4 heteroatoms. The molecule has 20 heavy (non-hydrogen) atoms. The van der Waals surface area contributed by atoms with Crippen molar-refractivity contribution in [3.05, 3.63) is 47.3 Å². The van der Waals surface area contributed by atoms with Crippen LogP contribution in [0, 0.1) is 0 Å². The van der Waals surface area contributed by atoms with E-state index in [1.807, 2.05) is 26.8 Å². The molecule has 0 aliphatic carbocycles. The predicted molar refractivity (Wildman–Crippen MR) is 84.0 cm³/mol. The molecular weight excluding hydrogens is 271 g/mol. The first-order valence-electron chi connectivity index (χ1n) is 7.20. The molecule has 0 amide bonds. The average Bonchev–Trinajstić information content (AvgIpc) is 2.40. The van der Waals surface area contributed by atoms with Crippen LogP contribution in [0.15, 0.2) is 41.7 Å². The summed E-state index contributed by atoms with van der Waals surface area (Å²) in [5.74, 6) is 1.67. The topological polar surface area (TPSA) is 35.5 Å². The smallest absolute Gasteiger partial charge is 0.306 e. The fraction of sp³-hybridized carbons (Fsp3) is 0.500. The zero-order valence-electron chi connectivity index (χ0n) is 12.7. The Hall–Kier alpha value is -0.890. The van der Waals surface area contributed by atoms with Crippen molar-refractivity contribution in [2.75, 3.05) is 13.2 Å².